The first-order valence-corrected chi connectivity index (χ1v) is 5.88. The van der Waals surface area contributed by atoms with E-state index in [0.29, 0.717) is 0 Å². The Morgan fingerprint density at radius 2 is 1.67 bits per heavy atom. The van der Waals surface area contributed by atoms with Gasteiger partial charge in [-0.1, -0.05) is 31.5 Å². The van der Waals surface area contributed by atoms with Crippen molar-refractivity contribution in [3.8, 4) is 0 Å². The Hall–Kier alpha value is -0.980. The maximum Gasteiger partial charge on any atom is 0.0370 e. The second kappa shape index (κ2) is 5.20. The first-order valence-electron chi connectivity index (χ1n) is 5.88. The highest BCUT2D eigenvalue weighted by molar-refractivity contribution is 5.48. The Bertz CT molecular complexity index is 271. The van der Waals surface area contributed by atoms with Gasteiger partial charge in [0.2, 0.25) is 0 Å². The zero-order chi connectivity index (χ0) is 11.3. The van der Waals surface area contributed by atoms with Crippen LogP contribution in [0.3, 0.4) is 0 Å². The number of hydrogen-bond acceptors (Lipinski definition) is 1. The van der Waals surface area contributed by atoms with E-state index in [1.807, 2.05) is 0 Å². The Labute approximate surface area is 94.1 Å². The lowest BCUT2D eigenvalue weighted by atomic mass is 10.0. The number of para-hydroxylation sites is 1. The molecule has 1 heteroatoms. The van der Waals surface area contributed by atoms with Crippen LogP contribution >= 0.6 is 0 Å². The summed E-state index contributed by atoms with van der Waals surface area (Å²) in [6.07, 6.45) is 2.51. The average molecular weight is 205 g/mol. The minimum Gasteiger partial charge on any atom is -0.367 e. The molecule has 1 aromatic rings. The molecule has 0 radical (unpaired) electrons. The van der Waals surface area contributed by atoms with Gasteiger partial charge in [0.15, 0.2) is 0 Å². The normalized spacial score (nSPS) is 11.5. The van der Waals surface area contributed by atoms with E-state index in [0.717, 1.165) is 6.54 Å². The summed E-state index contributed by atoms with van der Waals surface area (Å²) in [6.45, 7) is 10.2. The van der Waals surface area contributed by atoms with E-state index in [-0.39, 0.29) is 5.54 Å². The fourth-order valence-corrected chi connectivity index (χ4v) is 1.78. The molecular formula is C14H23N. The standard InChI is InChI=1S/C14H23N/c1-5-6-12-15(14(2,3)4)13-10-8-7-9-11-13/h7-11H,5-6,12H2,1-4H3. The van der Waals surface area contributed by atoms with Crippen LogP contribution < -0.4 is 4.90 Å². The van der Waals surface area contributed by atoms with Crippen LogP contribution in [0.2, 0.25) is 0 Å². The molecule has 1 rings (SSSR count). The predicted octanol–water partition coefficient (Wildman–Crippen LogP) is 4.09. The molecule has 0 aliphatic heterocycles. The maximum absolute atomic E-state index is 2.48. The molecule has 15 heavy (non-hydrogen) atoms. The molecule has 0 fully saturated rings. The van der Waals surface area contributed by atoms with E-state index in [4.69, 9.17) is 0 Å². The molecular weight excluding hydrogens is 182 g/mol. The molecule has 0 N–H and O–H groups in total. The van der Waals surface area contributed by atoms with Crippen LogP contribution in [0.25, 0.3) is 0 Å². The van der Waals surface area contributed by atoms with E-state index in [1.165, 1.54) is 18.5 Å². The molecule has 0 heterocycles. The molecule has 0 aromatic heterocycles. The van der Waals surface area contributed by atoms with Gasteiger partial charge in [0, 0.05) is 17.8 Å². The lowest BCUT2D eigenvalue weighted by molar-refractivity contribution is 0.494. The second-order valence-electron chi connectivity index (χ2n) is 5.01. The van der Waals surface area contributed by atoms with Gasteiger partial charge in [0.25, 0.3) is 0 Å². The minimum atomic E-state index is 0.205. The lowest BCUT2D eigenvalue weighted by Crippen LogP contribution is -2.42. The maximum atomic E-state index is 2.48. The van der Waals surface area contributed by atoms with Crippen molar-refractivity contribution in [2.45, 2.75) is 46.1 Å². The number of hydrogen-bond donors (Lipinski definition) is 0. The Kier molecular flexibility index (Phi) is 4.19. The largest absolute Gasteiger partial charge is 0.367 e. The molecule has 0 aliphatic carbocycles. The topological polar surface area (TPSA) is 3.24 Å². The number of rotatable bonds is 4. The molecule has 0 amide bonds. The third kappa shape index (κ3) is 3.58. The summed E-state index contributed by atoms with van der Waals surface area (Å²) >= 11 is 0. The second-order valence-corrected chi connectivity index (χ2v) is 5.01. The van der Waals surface area contributed by atoms with Crippen molar-refractivity contribution in [2.75, 3.05) is 11.4 Å². The van der Waals surface area contributed by atoms with Gasteiger partial charge in [-0.05, 0) is 39.3 Å². The van der Waals surface area contributed by atoms with Crippen molar-refractivity contribution >= 4 is 5.69 Å². The highest BCUT2D eigenvalue weighted by Gasteiger charge is 2.20. The summed E-state index contributed by atoms with van der Waals surface area (Å²) in [5, 5.41) is 0. The van der Waals surface area contributed by atoms with Gasteiger partial charge < -0.3 is 4.90 Å². The number of anilines is 1. The fraction of sp³-hybridized carbons (Fsp3) is 0.571. The van der Waals surface area contributed by atoms with Gasteiger partial charge in [-0.25, -0.2) is 0 Å². The van der Waals surface area contributed by atoms with Crippen LogP contribution in [0.4, 0.5) is 5.69 Å². The van der Waals surface area contributed by atoms with Crippen molar-refractivity contribution in [3.63, 3.8) is 0 Å². The van der Waals surface area contributed by atoms with Gasteiger partial charge in [-0.15, -0.1) is 0 Å². The molecule has 0 saturated carbocycles. The van der Waals surface area contributed by atoms with Crippen molar-refractivity contribution < 1.29 is 0 Å². The van der Waals surface area contributed by atoms with Gasteiger partial charge >= 0.3 is 0 Å². The average Bonchev–Trinajstić information content (AvgIpc) is 2.18. The van der Waals surface area contributed by atoms with Crippen LogP contribution in [0.1, 0.15) is 40.5 Å². The number of benzene rings is 1. The third-order valence-corrected chi connectivity index (χ3v) is 2.61. The van der Waals surface area contributed by atoms with Crippen molar-refractivity contribution in [3.05, 3.63) is 30.3 Å². The van der Waals surface area contributed by atoms with Crippen LogP contribution in [0.5, 0.6) is 0 Å². The van der Waals surface area contributed by atoms with Gasteiger partial charge in [0.05, 0.1) is 0 Å². The van der Waals surface area contributed by atoms with Crippen LogP contribution in [0.15, 0.2) is 30.3 Å². The molecule has 0 atom stereocenters. The first kappa shape index (κ1) is 12.1. The number of nitrogens with zero attached hydrogens (tertiary/aromatic N) is 1. The van der Waals surface area contributed by atoms with Crippen LogP contribution in [0, 0.1) is 0 Å². The summed E-state index contributed by atoms with van der Waals surface area (Å²) in [6, 6.07) is 10.7. The lowest BCUT2D eigenvalue weighted by Gasteiger charge is -2.38. The zero-order valence-corrected chi connectivity index (χ0v) is 10.5. The predicted molar refractivity (Wildman–Crippen MR) is 68.4 cm³/mol. The fourth-order valence-electron chi connectivity index (χ4n) is 1.78. The van der Waals surface area contributed by atoms with Gasteiger partial charge in [-0.3, -0.25) is 0 Å². The quantitative estimate of drug-likeness (QED) is 0.715. The summed E-state index contributed by atoms with van der Waals surface area (Å²) < 4.78 is 0. The highest BCUT2D eigenvalue weighted by Crippen LogP contribution is 2.23. The van der Waals surface area contributed by atoms with E-state index >= 15 is 0 Å². The summed E-state index contributed by atoms with van der Waals surface area (Å²) in [5.41, 5.74) is 1.54. The molecule has 0 spiro atoms. The van der Waals surface area contributed by atoms with E-state index in [2.05, 4.69) is 62.9 Å². The Morgan fingerprint density at radius 3 is 2.13 bits per heavy atom. The highest BCUT2D eigenvalue weighted by atomic mass is 15.2. The first-order chi connectivity index (χ1) is 7.05. The van der Waals surface area contributed by atoms with E-state index < -0.39 is 0 Å². The molecule has 0 bridgehead atoms. The summed E-state index contributed by atoms with van der Waals surface area (Å²) in [7, 11) is 0. The third-order valence-electron chi connectivity index (χ3n) is 2.61. The Balaban J connectivity index is 2.82. The molecule has 1 aromatic carbocycles. The molecule has 0 aliphatic rings. The Morgan fingerprint density at radius 1 is 1.07 bits per heavy atom. The van der Waals surface area contributed by atoms with Crippen molar-refractivity contribution in [1.82, 2.24) is 0 Å². The van der Waals surface area contributed by atoms with Crippen LogP contribution in [-0.2, 0) is 0 Å². The minimum absolute atomic E-state index is 0.205. The van der Waals surface area contributed by atoms with Crippen molar-refractivity contribution in [2.24, 2.45) is 0 Å². The zero-order valence-electron chi connectivity index (χ0n) is 10.5. The summed E-state index contributed by atoms with van der Waals surface area (Å²) in [4.78, 5) is 2.48. The van der Waals surface area contributed by atoms with Crippen LogP contribution in [-0.4, -0.2) is 12.1 Å². The smallest absolute Gasteiger partial charge is 0.0370 e. The van der Waals surface area contributed by atoms with Gasteiger partial charge in [0.1, 0.15) is 0 Å². The molecule has 0 saturated heterocycles. The molecule has 84 valence electrons. The van der Waals surface area contributed by atoms with E-state index in [1.54, 1.807) is 0 Å². The summed E-state index contributed by atoms with van der Waals surface area (Å²) in [5.74, 6) is 0. The molecule has 1 nitrogen and oxygen atoms in total. The monoisotopic (exact) mass is 205 g/mol. The van der Waals surface area contributed by atoms with Gasteiger partial charge in [-0.2, -0.15) is 0 Å². The number of unbranched alkanes of at least 4 members (excludes halogenated alkanes) is 1. The van der Waals surface area contributed by atoms with E-state index in [9.17, 15) is 0 Å². The molecule has 0 unspecified atom stereocenters. The SMILES string of the molecule is CCCCN(c1ccccc1)C(C)(C)C. The van der Waals surface area contributed by atoms with Crippen molar-refractivity contribution in [1.29, 1.82) is 0 Å².